The van der Waals surface area contributed by atoms with Crippen LogP contribution in [0.5, 0.6) is 0 Å². The van der Waals surface area contributed by atoms with Gasteiger partial charge in [-0.15, -0.1) is 12.4 Å². The van der Waals surface area contributed by atoms with Crippen LogP contribution in [0, 0.1) is 5.41 Å². The van der Waals surface area contributed by atoms with Gasteiger partial charge in [-0.25, -0.2) is 0 Å². The number of rotatable bonds is 8. The number of aromatic nitrogens is 2. The molecule has 1 aliphatic rings. The molecule has 0 bridgehead atoms. The van der Waals surface area contributed by atoms with E-state index in [4.69, 9.17) is 15.7 Å². The number of hydrogen-bond donors (Lipinski definition) is 2. The Hall–Kier alpha value is -3.07. The Morgan fingerprint density at radius 2 is 1.81 bits per heavy atom. The second kappa shape index (κ2) is 11.8. The predicted molar refractivity (Wildman–Crippen MR) is 135 cm³/mol. The average molecular weight is 522 g/mol. The van der Waals surface area contributed by atoms with Crippen LogP contribution in [0.2, 0.25) is 0 Å². The first-order chi connectivity index (χ1) is 16.8. The molecule has 6 nitrogen and oxygen atoms in total. The summed E-state index contributed by atoms with van der Waals surface area (Å²) in [6.45, 7) is 2.75. The summed E-state index contributed by atoms with van der Waals surface area (Å²) < 4.78 is 47.1. The second-order valence-electron chi connectivity index (χ2n) is 8.98. The summed E-state index contributed by atoms with van der Waals surface area (Å²) in [7, 11) is 0. The van der Waals surface area contributed by atoms with Gasteiger partial charge in [-0.2, -0.15) is 18.2 Å². The number of benzene rings is 2. The van der Waals surface area contributed by atoms with Gasteiger partial charge in [0, 0.05) is 12.1 Å². The molecule has 2 aromatic carbocycles. The van der Waals surface area contributed by atoms with Crippen LogP contribution >= 0.6 is 12.4 Å². The van der Waals surface area contributed by atoms with Crippen molar-refractivity contribution in [1.82, 2.24) is 15.0 Å². The zero-order valence-electron chi connectivity index (χ0n) is 20.1. The van der Waals surface area contributed by atoms with E-state index in [0.717, 1.165) is 37.3 Å². The van der Waals surface area contributed by atoms with Crippen molar-refractivity contribution in [3.63, 3.8) is 0 Å². The first kappa shape index (κ1) is 27.5. The molecule has 4 rings (SSSR count). The van der Waals surface area contributed by atoms with Crippen LogP contribution in [0.4, 0.5) is 13.2 Å². The Kier molecular flexibility index (Phi) is 9.00. The summed E-state index contributed by atoms with van der Waals surface area (Å²) in [4.78, 5) is 5.98. The monoisotopic (exact) mass is 521 g/mol. The van der Waals surface area contributed by atoms with E-state index in [1.165, 1.54) is 11.6 Å². The number of nitrogens with zero attached hydrogens (tertiary/aromatic N) is 3. The van der Waals surface area contributed by atoms with Crippen LogP contribution < -0.4 is 5.73 Å². The van der Waals surface area contributed by atoms with Gasteiger partial charge in [-0.05, 0) is 61.3 Å². The Morgan fingerprint density at radius 3 is 2.44 bits per heavy atom. The molecule has 1 aliphatic heterocycles. The van der Waals surface area contributed by atoms with E-state index >= 15 is 0 Å². The molecule has 36 heavy (non-hydrogen) atoms. The highest BCUT2D eigenvalue weighted by atomic mass is 35.5. The molecule has 0 spiro atoms. The molecule has 1 atom stereocenters. The molecule has 1 fully saturated rings. The smallest absolute Gasteiger partial charge is 0.370 e. The van der Waals surface area contributed by atoms with Gasteiger partial charge in [0.05, 0.1) is 5.56 Å². The van der Waals surface area contributed by atoms with Gasteiger partial charge in [0.15, 0.2) is 5.96 Å². The number of aryl methyl sites for hydroxylation is 3. The van der Waals surface area contributed by atoms with Crippen molar-refractivity contribution in [2.45, 2.75) is 64.1 Å². The average Bonchev–Trinajstić information content (AvgIpc) is 3.51. The van der Waals surface area contributed by atoms with Crippen LogP contribution in [-0.2, 0) is 25.4 Å². The largest absolute Gasteiger partial charge is 0.416 e. The maximum Gasteiger partial charge on any atom is 0.416 e. The molecule has 0 amide bonds. The van der Waals surface area contributed by atoms with Gasteiger partial charge in [0.2, 0.25) is 11.7 Å². The first-order valence-corrected chi connectivity index (χ1v) is 12.0. The highest BCUT2D eigenvalue weighted by Crippen LogP contribution is 2.36. The van der Waals surface area contributed by atoms with Crippen LogP contribution in [0.25, 0.3) is 11.4 Å². The third kappa shape index (κ3) is 6.37. The Bertz CT molecular complexity index is 1160. The molecule has 194 valence electrons. The zero-order valence-corrected chi connectivity index (χ0v) is 21.0. The summed E-state index contributed by atoms with van der Waals surface area (Å²) in [5, 5.41) is 11.6. The fraction of sp³-hybridized carbons (Fsp3) is 0.423. The number of likely N-dealkylation sites (tertiary alicyclic amines) is 1. The Labute approximate surface area is 215 Å². The minimum atomic E-state index is -4.50. The maximum absolute atomic E-state index is 13.9. The third-order valence-corrected chi connectivity index (χ3v) is 6.49. The first-order valence-electron chi connectivity index (χ1n) is 12.0. The number of alkyl halides is 3. The van der Waals surface area contributed by atoms with Gasteiger partial charge < -0.3 is 15.2 Å². The number of guanidine groups is 1. The Balaban J connectivity index is 0.00000361. The molecule has 2 heterocycles. The van der Waals surface area contributed by atoms with E-state index in [9.17, 15) is 13.2 Å². The van der Waals surface area contributed by atoms with Crippen LogP contribution in [0.3, 0.4) is 0 Å². The lowest BCUT2D eigenvalue weighted by Crippen LogP contribution is -2.35. The molecule has 0 aliphatic carbocycles. The highest BCUT2D eigenvalue weighted by Gasteiger charge is 2.35. The molecular formula is C26H31ClF3N5O. The van der Waals surface area contributed by atoms with E-state index < -0.39 is 11.7 Å². The summed E-state index contributed by atoms with van der Waals surface area (Å²) >= 11 is 0. The molecular weight excluding hydrogens is 491 g/mol. The lowest BCUT2D eigenvalue weighted by atomic mass is 9.96. The summed E-state index contributed by atoms with van der Waals surface area (Å²) in [5.41, 5.74) is 7.67. The number of unbranched alkanes of at least 4 members (excludes halogenated alkanes) is 1. The molecule has 3 aromatic rings. The Morgan fingerprint density at radius 1 is 1.11 bits per heavy atom. The van der Waals surface area contributed by atoms with E-state index in [-0.39, 0.29) is 53.7 Å². The summed E-state index contributed by atoms with van der Waals surface area (Å²) in [6, 6.07) is 12.0. The summed E-state index contributed by atoms with van der Waals surface area (Å²) in [6.07, 6.45) is 1.06. The van der Waals surface area contributed by atoms with Crippen molar-refractivity contribution in [2.75, 3.05) is 6.54 Å². The van der Waals surface area contributed by atoms with Crippen molar-refractivity contribution in [1.29, 1.82) is 5.41 Å². The molecule has 10 heteroatoms. The second-order valence-corrected chi connectivity index (χ2v) is 8.98. The van der Waals surface area contributed by atoms with Gasteiger partial charge >= 0.3 is 6.18 Å². The highest BCUT2D eigenvalue weighted by molar-refractivity contribution is 5.85. The normalized spacial score (nSPS) is 15.7. The molecule has 1 saturated heterocycles. The topological polar surface area (TPSA) is 92.0 Å². The van der Waals surface area contributed by atoms with E-state index in [1.54, 1.807) is 11.0 Å². The molecule has 1 aromatic heterocycles. The predicted octanol–water partition coefficient (Wildman–Crippen LogP) is 6.34. The summed E-state index contributed by atoms with van der Waals surface area (Å²) in [5.74, 6) is 0.259. The minimum absolute atomic E-state index is 0. The molecule has 0 radical (unpaired) electrons. The number of nitrogens with one attached hydrogen (secondary N) is 1. The maximum atomic E-state index is 13.9. The van der Waals surface area contributed by atoms with Gasteiger partial charge in [0.25, 0.3) is 0 Å². The van der Waals surface area contributed by atoms with Gasteiger partial charge in [0.1, 0.15) is 6.04 Å². The quantitative estimate of drug-likeness (QED) is 0.267. The van der Waals surface area contributed by atoms with Crippen molar-refractivity contribution in [3.8, 4) is 11.4 Å². The van der Waals surface area contributed by atoms with Crippen molar-refractivity contribution in [3.05, 3.63) is 70.6 Å². The number of nitrogens with two attached hydrogens (primary N) is 1. The van der Waals surface area contributed by atoms with Crippen molar-refractivity contribution in [2.24, 2.45) is 5.73 Å². The lowest BCUT2D eigenvalue weighted by Gasteiger charge is -2.21. The van der Waals surface area contributed by atoms with Gasteiger partial charge in [-0.1, -0.05) is 54.9 Å². The lowest BCUT2D eigenvalue weighted by molar-refractivity contribution is -0.138. The molecule has 3 N–H and O–H groups in total. The van der Waals surface area contributed by atoms with Crippen LogP contribution in [0.15, 0.2) is 47.0 Å². The number of hydrogen-bond acceptors (Lipinski definition) is 4. The third-order valence-electron chi connectivity index (χ3n) is 6.49. The van der Waals surface area contributed by atoms with E-state index in [2.05, 4.69) is 29.2 Å². The molecule has 0 unspecified atom stereocenters. The fourth-order valence-electron chi connectivity index (χ4n) is 4.53. The van der Waals surface area contributed by atoms with E-state index in [1.807, 2.05) is 12.1 Å². The van der Waals surface area contributed by atoms with E-state index in [0.29, 0.717) is 19.4 Å². The minimum Gasteiger partial charge on any atom is -0.370 e. The zero-order chi connectivity index (χ0) is 25.0. The van der Waals surface area contributed by atoms with Crippen LogP contribution in [0.1, 0.15) is 66.8 Å². The van der Waals surface area contributed by atoms with Gasteiger partial charge in [-0.3, -0.25) is 5.41 Å². The SMILES string of the molecule is CCCCc1ccc(CCc2ccc(-c3noc([C@@H]4CCCN4C(=N)N)n3)cc2C(F)(F)F)cc1.Cl. The standard InChI is InChI=1S/C26H30F3N5O.ClH/c1-2-3-5-17-7-9-18(10-8-17)11-12-19-13-14-20(16-21(19)26(27,28)29)23-32-24(35-33-23)22-6-4-15-34(22)25(30)31;/h7-10,13-14,16,22H,2-6,11-12,15H2,1H3,(H3,30,31);1H/t22-;/m0./s1. The van der Waals surface area contributed by atoms with Crippen molar-refractivity contribution >= 4 is 18.4 Å². The molecule has 0 saturated carbocycles. The number of halogens is 4. The fourth-order valence-corrected chi connectivity index (χ4v) is 4.53. The van der Waals surface area contributed by atoms with Crippen molar-refractivity contribution < 1.29 is 17.7 Å². The van der Waals surface area contributed by atoms with Crippen LogP contribution in [-0.4, -0.2) is 27.5 Å².